The Kier molecular flexibility index (Phi) is 6.41. The van der Waals surface area contributed by atoms with Crippen molar-refractivity contribution >= 4 is 32.8 Å². The highest BCUT2D eigenvalue weighted by Gasteiger charge is 2.24. The zero-order valence-electron chi connectivity index (χ0n) is 21.0. The van der Waals surface area contributed by atoms with Crippen LogP contribution >= 0.6 is 0 Å². The highest BCUT2D eigenvalue weighted by Crippen LogP contribution is 2.35. The zero-order chi connectivity index (χ0) is 27.0. The van der Waals surface area contributed by atoms with E-state index in [4.69, 9.17) is 9.26 Å². The number of rotatable bonds is 7. The van der Waals surface area contributed by atoms with Crippen LogP contribution in [-0.4, -0.2) is 44.5 Å². The van der Waals surface area contributed by atoms with E-state index in [0.29, 0.717) is 33.6 Å². The second kappa shape index (κ2) is 9.71. The standard InChI is InChI=1S/C26H24N6O5S/c1-15(2)36-24-13-27-12-22(29-24)21-14-32(38(34,35)19-8-5-16(3)6-9-19)23-10-7-18(11-20(21)23)25-30-26(37-31-25)28-17(4)33/h5-15H,1-4H3,(H,28,30,31,33). The average molecular weight is 533 g/mol. The molecule has 0 aliphatic carbocycles. The van der Waals surface area contributed by atoms with Crippen LogP contribution in [0, 0.1) is 6.92 Å². The van der Waals surface area contributed by atoms with Crippen LogP contribution in [0.3, 0.4) is 0 Å². The van der Waals surface area contributed by atoms with Crippen molar-refractivity contribution in [3.05, 3.63) is 66.6 Å². The number of aromatic nitrogens is 5. The molecule has 0 spiro atoms. The monoisotopic (exact) mass is 532 g/mol. The third kappa shape index (κ3) is 4.85. The van der Waals surface area contributed by atoms with Gasteiger partial charge in [-0.15, -0.1) is 0 Å². The Labute approximate surface area is 218 Å². The first-order chi connectivity index (χ1) is 18.1. The molecule has 0 unspecified atom stereocenters. The van der Waals surface area contributed by atoms with Crippen molar-refractivity contribution in [3.8, 4) is 28.5 Å². The third-order valence-corrected chi connectivity index (χ3v) is 7.25. The molecule has 1 N–H and O–H groups in total. The van der Waals surface area contributed by atoms with Gasteiger partial charge in [-0.2, -0.15) is 4.98 Å². The molecular formula is C26H24N6O5S. The zero-order valence-corrected chi connectivity index (χ0v) is 21.9. The van der Waals surface area contributed by atoms with E-state index in [1.165, 1.54) is 23.3 Å². The summed E-state index contributed by atoms with van der Waals surface area (Å²) in [6.45, 7) is 6.97. The SMILES string of the molecule is CC(=O)Nc1nc(-c2ccc3c(c2)c(-c2cncc(OC(C)C)n2)cn3S(=O)(=O)c2ccc(C)cc2)no1. The molecule has 194 valence electrons. The van der Waals surface area contributed by atoms with Crippen LogP contribution in [-0.2, 0) is 14.8 Å². The number of hydrogen-bond acceptors (Lipinski definition) is 9. The van der Waals surface area contributed by atoms with Crippen molar-refractivity contribution in [2.75, 3.05) is 5.32 Å². The molecular weight excluding hydrogens is 508 g/mol. The number of amides is 1. The molecule has 0 bridgehead atoms. The fourth-order valence-corrected chi connectivity index (χ4v) is 5.25. The minimum absolute atomic E-state index is 0.0447. The Bertz CT molecular complexity index is 1760. The molecule has 0 fully saturated rings. The Morgan fingerprint density at radius 3 is 2.55 bits per heavy atom. The van der Waals surface area contributed by atoms with Gasteiger partial charge in [-0.25, -0.2) is 17.4 Å². The lowest BCUT2D eigenvalue weighted by Crippen LogP contribution is -2.11. The summed E-state index contributed by atoms with van der Waals surface area (Å²) >= 11 is 0. The maximum atomic E-state index is 13.7. The summed E-state index contributed by atoms with van der Waals surface area (Å²) < 4.78 is 39.4. The van der Waals surface area contributed by atoms with E-state index < -0.39 is 10.0 Å². The third-order valence-electron chi connectivity index (χ3n) is 5.56. The van der Waals surface area contributed by atoms with Crippen LogP contribution in [0.4, 0.5) is 6.01 Å². The van der Waals surface area contributed by atoms with Crippen molar-refractivity contribution in [1.29, 1.82) is 0 Å². The summed E-state index contributed by atoms with van der Waals surface area (Å²) in [6.07, 6.45) is 4.44. The molecule has 0 aliphatic rings. The highest BCUT2D eigenvalue weighted by atomic mass is 32.2. The maximum absolute atomic E-state index is 13.7. The molecule has 11 nitrogen and oxygen atoms in total. The van der Waals surface area contributed by atoms with Crippen LogP contribution in [0.5, 0.6) is 5.88 Å². The Hall–Kier alpha value is -4.58. The van der Waals surface area contributed by atoms with Crippen molar-refractivity contribution in [2.24, 2.45) is 0 Å². The van der Waals surface area contributed by atoms with Crippen molar-refractivity contribution in [2.45, 2.75) is 38.7 Å². The molecule has 2 aromatic carbocycles. The minimum Gasteiger partial charge on any atom is -0.474 e. The van der Waals surface area contributed by atoms with E-state index in [9.17, 15) is 13.2 Å². The number of fused-ring (bicyclic) bond motifs is 1. The molecule has 0 radical (unpaired) electrons. The first-order valence-corrected chi connectivity index (χ1v) is 13.1. The lowest BCUT2D eigenvalue weighted by molar-refractivity contribution is -0.114. The quantitative estimate of drug-likeness (QED) is 0.322. The van der Waals surface area contributed by atoms with E-state index in [0.717, 1.165) is 5.56 Å². The summed E-state index contributed by atoms with van der Waals surface area (Å²) in [4.78, 5) is 24.5. The fraction of sp³-hybridized carbons (Fsp3) is 0.192. The molecule has 3 heterocycles. The Balaban J connectivity index is 1.70. The minimum atomic E-state index is -3.95. The molecule has 0 saturated carbocycles. The fourth-order valence-electron chi connectivity index (χ4n) is 3.88. The normalized spacial score (nSPS) is 11.7. The predicted molar refractivity (Wildman–Crippen MR) is 140 cm³/mol. The summed E-state index contributed by atoms with van der Waals surface area (Å²) in [5, 5.41) is 6.94. The van der Waals surface area contributed by atoms with Crippen molar-refractivity contribution in [3.63, 3.8) is 0 Å². The second-order valence-electron chi connectivity index (χ2n) is 8.90. The lowest BCUT2D eigenvalue weighted by Gasteiger charge is -2.09. The van der Waals surface area contributed by atoms with Gasteiger partial charge in [-0.1, -0.05) is 22.9 Å². The van der Waals surface area contributed by atoms with Gasteiger partial charge in [0, 0.05) is 29.6 Å². The van der Waals surface area contributed by atoms with E-state index in [-0.39, 0.29) is 28.7 Å². The molecule has 0 atom stereocenters. The predicted octanol–water partition coefficient (Wildman–Crippen LogP) is 4.44. The number of carbonyl (C=O) groups is 1. The molecule has 0 saturated heterocycles. The van der Waals surface area contributed by atoms with Gasteiger partial charge in [0.2, 0.25) is 17.6 Å². The van der Waals surface area contributed by atoms with Crippen molar-refractivity contribution < 1.29 is 22.5 Å². The topological polar surface area (TPSA) is 142 Å². The van der Waals surface area contributed by atoms with Gasteiger partial charge in [0.05, 0.1) is 34.6 Å². The van der Waals surface area contributed by atoms with Crippen LogP contribution in [0.25, 0.3) is 33.5 Å². The number of nitrogens with one attached hydrogen (secondary N) is 1. The molecule has 5 rings (SSSR count). The molecule has 0 aliphatic heterocycles. The largest absolute Gasteiger partial charge is 0.474 e. The van der Waals surface area contributed by atoms with Crippen LogP contribution in [0.2, 0.25) is 0 Å². The Morgan fingerprint density at radius 2 is 1.84 bits per heavy atom. The first kappa shape index (κ1) is 25.1. The second-order valence-corrected chi connectivity index (χ2v) is 10.7. The molecule has 1 amide bonds. The number of hydrogen-bond donors (Lipinski definition) is 1. The number of ether oxygens (including phenoxy) is 1. The lowest BCUT2D eigenvalue weighted by atomic mass is 10.1. The summed E-state index contributed by atoms with van der Waals surface area (Å²) in [5.41, 5.74) is 2.86. The van der Waals surface area contributed by atoms with Crippen LogP contribution in [0.15, 0.2) is 70.5 Å². The van der Waals surface area contributed by atoms with E-state index in [1.807, 2.05) is 20.8 Å². The van der Waals surface area contributed by atoms with E-state index in [2.05, 4.69) is 25.4 Å². The van der Waals surface area contributed by atoms with Gasteiger partial charge < -0.3 is 9.26 Å². The molecule has 12 heteroatoms. The van der Waals surface area contributed by atoms with E-state index in [1.54, 1.807) is 48.7 Å². The number of nitrogens with zero attached hydrogens (tertiary/aromatic N) is 5. The average Bonchev–Trinajstić information content (AvgIpc) is 3.48. The van der Waals surface area contributed by atoms with E-state index >= 15 is 0 Å². The van der Waals surface area contributed by atoms with Gasteiger partial charge >= 0.3 is 6.01 Å². The van der Waals surface area contributed by atoms with Gasteiger partial charge in [0.1, 0.15) is 0 Å². The summed E-state index contributed by atoms with van der Waals surface area (Å²) in [7, 11) is -3.95. The molecule has 3 aromatic heterocycles. The number of carbonyl (C=O) groups excluding carboxylic acids is 1. The van der Waals surface area contributed by atoms with Crippen LogP contribution in [0.1, 0.15) is 26.3 Å². The first-order valence-electron chi connectivity index (χ1n) is 11.7. The number of anilines is 1. The van der Waals surface area contributed by atoms with Gasteiger partial charge in [0.15, 0.2) is 0 Å². The van der Waals surface area contributed by atoms with Gasteiger partial charge in [0.25, 0.3) is 10.0 Å². The smallest absolute Gasteiger partial charge is 0.328 e. The van der Waals surface area contributed by atoms with Gasteiger partial charge in [-0.3, -0.25) is 15.1 Å². The number of benzene rings is 2. The Morgan fingerprint density at radius 1 is 1.08 bits per heavy atom. The molecule has 5 aromatic rings. The summed E-state index contributed by atoms with van der Waals surface area (Å²) in [5.74, 6) is 0.186. The highest BCUT2D eigenvalue weighted by molar-refractivity contribution is 7.90. The summed E-state index contributed by atoms with van der Waals surface area (Å²) in [6, 6.07) is 11.7. The van der Waals surface area contributed by atoms with Gasteiger partial charge in [-0.05, 0) is 51.1 Å². The maximum Gasteiger partial charge on any atom is 0.328 e. The van der Waals surface area contributed by atoms with Crippen molar-refractivity contribution in [1.82, 2.24) is 24.1 Å². The molecule has 38 heavy (non-hydrogen) atoms. The number of aryl methyl sites for hydroxylation is 1. The van der Waals surface area contributed by atoms with Crippen LogP contribution < -0.4 is 10.1 Å².